The molecule has 2 aromatic heterocycles. The lowest BCUT2D eigenvalue weighted by Gasteiger charge is -2.31. The number of nitrogens with one attached hydrogen (secondary N) is 1. The van der Waals surface area contributed by atoms with E-state index in [2.05, 4.69) is 15.3 Å². The number of halogens is 5. The number of aromatic nitrogens is 2. The topological polar surface area (TPSA) is 93.6 Å². The van der Waals surface area contributed by atoms with E-state index in [0.29, 0.717) is 16.7 Å². The summed E-state index contributed by atoms with van der Waals surface area (Å²) in [5.41, 5.74) is -3.84. The maximum absolute atomic E-state index is 14.6. The summed E-state index contributed by atoms with van der Waals surface area (Å²) in [5, 5.41) is 13.9. The summed E-state index contributed by atoms with van der Waals surface area (Å²) in [4.78, 5) is 21.5. The number of aliphatic hydroxyl groups is 1. The molecule has 44 heavy (non-hydrogen) atoms. The number of amides is 1. The summed E-state index contributed by atoms with van der Waals surface area (Å²) in [6.45, 7) is 1.63. The number of carbonyl (C=O) groups excluding carboxylic acids is 1. The molecule has 1 unspecified atom stereocenters. The van der Waals surface area contributed by atoms with E-state index < -0.39 is 48.3 Å². The summed E-state index contributed by atoms with van der Waals surface area (Å²) in [7, 11) is 0. The summed E-state index contributed by atoms with van der Waals surface area (Å²) in [6.07, 6.45) is -2.09. The summed E-state index contributed by atoms with van der Waals surface area (Å²) in [6, 6.07) is 11.9. The van der Waals surface area contributed by atoms with Crippen molar-refractivity contribution in [3.05, 3.63) is 83.4 Å². The fraction of sp³-hybridized carbons (Fsp3) is 0.344. The molecule has 4 aromatic rings. The third-order valence-corrected chi connectivity index (χ3v) is 7.32. The van der Waals surface area contributed by atoms with Crippen LogP contribution in [0, 0.1) is 5.82 Å². The van der Waals surface area contributed by atoms with Gasteiger partial charge in [0.15, 0.2) is 0 Å². The van der Waals surface area contributed by atoms with E-state index in [-0.39, 0.29) is 40.8 Å². The van der Waals surface area contributed by atoms with E-state index in [1.165, 1.54) is 24.3 Å². The Bertz CT molecular complexity index is 1660. The highest BCUT2D eigenvalue weighted by molar-refractivity contribution is 6.00. The molecule has 1 saturated carbocycles. The van der Waals surface area contributed by atoms with Gasteiger partial charge in [-0.1, -0.05) is 19.9 Å². The van der Waals surface area contributed by atoms with Crippen LogP contribution in [0.4, 0.5) is 22.0 Å². The zero-order chi connectivity index (χ0) is 31.6. The average molecular weight is 616 g/mol. The molecule has 232 valence electrons. The van der Waals surface area contributed by atoms with Gasteiger partial charge in [0.1, 0.15) is 28.5 Å². The van der Waals surface area contributed by atoms with Gasteiger partial charge in [0.25, 0.3) is 5.91 Å². The van der Waals surface area contributed by atoms with Crippen LogP contribution in [0.15, 0.2) is 60.8 Å². The lowest BCUT2D eigenvalue weighted by Crippen LogP contribution is -2.51. The normalized spacial score (nSPS) is 17.1. The average Bonchev–Trinajstić information content (AvgIpc) is 3.75. The van der Waals surface area contributed by atoms with Crippen LogP contribution in [-0.2, 0) is 5.60 Å². The molecule has 1 amide bonds. The van der Waals surface area contributed by atoms with Crippen LogP contribution in [0.5, 0.6) is 11.5 Å². The van der Waals surface area contributed by atoms with Crippen molar-refractivity contribution in [1.29, 1.82) is 0 Å². The molecule has 2 N–H and O–H groups in total. The number of carbonyl (C=O) groups is 1. The van der Waals surface area contributed by atoms with E-state index in [1.54, 1.807) is 18.3 Å². The first-order valence-electron chi connectivity index (χ1n) is 14.2. The van der Waals surface area contributed by atoms with Crippen LogP contribution < -0.4 is 14.8 Å². The number of pyridine rings is 2. The third-order valence-electron chi connectivity index (χ3n) is 7.32. The summed E-state index contributed by atoms with van der Waals surface area (Å²) < 4.78 is 82.5. The number of nitrogens with zero attached hydrogens (tertiary/aromatic N) is 2. The smallest absolute Gasteiger partial charge is 0.424 e. The molecule has 6 rings (SSSR count). The number of fused-ring (bicyclic) bond motifs is 2. The molecule has 3 heterocycles. The van der Waals surface area contributed by atoms with E-state index in [4.69, 9.17) is 9.47 Å². The van der Waals surface area contributed by atoms with Crippen molar-refractivity contribution < 1.29 is 41.3 Å². The van der Waals surface area contributed by atoms with Gasteiger partial charge in [0, 0.05) is 28.3 Å². The minimum Gasteiger partial charge on any atom is -0.490 e. The van der Waals surface area contributed by atoms with E-state index >= 15 is 0 Å². The first kappa shape index (κ1) is 31.1. The zero-order valence-corrected chi connectivity index (χ0v) is 23.9. The third kappa shape index (κ3) is 6.03. The first-order valence-corrected chi connectivity index (χ1v) is 14.2. The Morgan fingerprint density at radius 2 is 1.84 bits per heavy atom. The van der Waals surface area contributed by atoms with Gasteiger partial charge in [0.2, 0.25) is 5.60 Å². The molecule has 1 aliphatic carbocycles. The van der Waals surface area contributed by atoms with Gasteiger partial charge in [-0.25, -0.2) is 9.37 Å². The molecule has 1 fully saturated rings. The number of ether oxygens (including phenoxy) is 2. The Hall–Kier alpha value is -4.32. The molecule has 7 nitrogen and oxygen atoms in total. The van der Waals surface area contributed by atoms with Gasteiger partial charge in [-0.05, 0) is 61.4 Å². The molecule has 0 saturated heterocycles. The van der Waals surface area contributed by atoms with E-state index in [0.717, 1.165) is 31.0 Å². The second-order valence-corrected chi connectivity index (χ2v) is 10.4. The van der Waals surface area contributed by atoms with Gasteiger partial charge < -0.3 is 19.9 Å². The van der Waals surface area contributed by atoms with Crippen molar-refractivity contribution in [1.82, 2.24) is 15.3 Å². The van der Waals surface area contributed by atoms with E-state index in [1.807, 2.05) is 13.8 Å². The monoisotopic (exact) mass is 615 g/mol. The van der Waals surface area contributed by atoms with Gasteiger partial charge in [-0.15, -0.1) is 0 Å². The van der Waals surface area contributed by atoms with Crippen LogP contribution in [0.3, 0.4) is 0 Å². The van der Waals surface area contributed by atoms with Crippen LogP contribution in [-0.4, -0.2) is 53.1 Å². The van der Waals surface area contributed by atoms with Gasteiger partial charge >= 0.3 is 6.18 Å². The predicted octanol–water partition coefficient (Wildman–Crippen LogP) is 6.63. The maximum atomic E-state index is 14.6. The van der Waals surface area contributed by atoms with Crippen LogP contribution in [0.2, 0.25) is 0 Å². The van der Waals surface area contributed by atoms with Crippen molar-refractivity contribution in [2.45, 2.75) is 50.5 Å². The predicted molar refractivity (Wildman–Crippen MR) is 153 cm³/mol. The standard InChI is InChI=1S/C30H24F5N3O4.C2H6/c31-13-19-14-41-27-22(19)12-24(38-26(27)16-3-5-20(32)6-4-16)29(40,30(33,34)35)15-37-28(39)18-10-17-2-1-9-36-25(17)23(11-18)42-21-7-8-21;1-2/h1-6,9-12,19,21,40H,7-8,13-15H2,(H,37,39);1-2H3/t19?,29-;/m0./s1. The Kier molecular flexibility index (Phi) is 8.73. The highest BCUT2D eigenvalue weighted by Gasteiger charge is 2.57. The Morgan fingerprint density at radius 3 is 2.50 bits per heavy atom. The van der Waals surface area contributed by atoms with Crippen LogP contribution in [0.25, 0.3) is 22.2 Å². The van der Waals surface area contributed by atoms with Crippen molar-refractivity contribution in [2.24, 2.45) is 0 Å². The molecular formula is C32H30F5N3O4. The first-order chi connectivity index (χ1) is 21.1. The van der Waals surface area contributed by atoms with Crippen LogP contribution in [0.1, 0.15) is 54.2 Å². The van der Waals surface area contributed by atoms with Gasteiger partial charge in [0.05, 0.1) is 37.5 Å². The number of benzene rings is 2. The quantitative estimate of drug-likeness (QED) is 0.216. The molecule has 1 aliphatic heterocycles. The van der Waals surface area contributed by atoms with Crippen molar-refractivity contribution in [3.63, 3.8) is 0 Å². The second-order valence-electron chi connectivity index (χ2n) is 10.4. The molecule has 0 spiro atoms. The largest absolute Gasteiger partial charge is 0.490 e. The fourth-order valence-electron chi connectivity index (χ4n) is 4.82. The zero-order valence-electron chi connectivity index (χ0n) is 23.9. The van der Waals surface area contributed by atoms with Crippen molar-refractivity contribution in [3.8, 4) is 22.8 Å². The highest BCUT2D eigenvalue weighted by atomic mass is 19.4. The molecule has 2 atom stereocenters. The molecule has 0 radical (unpaired) electrons. The fourth-order valence-corrected chi connectivity index (χ4v) is 4.82. The summed E-state index contributed by atoms with van der Waals surface area (Å²) >= 11 is 0. The lowest BCUT2D eigenvalue weighted by atomic mass is 9.92. The van der Waals surface area contributed by atoms with Crippen molar-refractivity contribution >= 4 is 16.8 Å². The van der Waals surface area contributed by atoms with Crippen molar-refractivity contribution in [2.75, 3.05) is 19.8 Å². The van der Waals surface area contributed by atoms with Gasteiger partial charge in [-0.3, -0.25) is 14.2 Å². The Balaban J connectivity index is 0.00000188. The summed E-state index contributed by atoms with van der Waals surface area (Å²) in [5.74, 6) is -2.00. The maximum Gasteiger partial charge on any atom is 0.424 e. The minimum atomic E-state index is -5.31. The van der Waals surface area contributed by atoms with Gasteiger partial charge in [-0.2, -0.15) is 13.2 Å². The molecule has 12 heteroatoms. The Labute approximate surface area is 250 Å². The highest BCUT2D eigenvalue weighted by Crippen LogP contribution is 2.46. The molecular weight excluding hydrogens is 585 g/mol. The number of alkyl halides is 4. The minimum absolute atomic E-state index is 0.00971. The molecule has 2 aliphatic rings. The molecule has 2 aromatic carbocycles. The number of hydrogen-bond acceptors (Lipinski definition) is 6. The van der Waals surface area contributed by atoms with E-state index in [9.17, 15) is 31.9 Å². The second kappa shape index (κ2) is 12.4. The number of hydrogen-bond donors (Lipinski definition) is 2. The Morgan fingerprint density at radius 1 is 1.11 bits per heavy atom. The van der Waals surface area contributed by atoms with Crippen LogP contribution >= 0.6 is 0 Å². The number of rotatable bonds is 8. The lowest BCUT2D eigenvalue weighted by molar-refractivity contribution is -0.265. The molecule has 0 bridgehead atoms. The SMILES string of the molecule is CC.O=C(NC[C@](O)(c1cc2c(c(-c3ccc(F)cc3)n1)OCC2CF)C(F)(F)F)c1cc(OC2CC2)c2ncccc2c1.